The Morgan fingerprint density at radius 1 is 0.962 bits per heavy atom. The number of hydrogen-bond donors (Lipinski definition) is 5. The fraction of sp³-hybridized carbons (Fsp3) is 0.974. The lowest BCUT2D eigenvalue weighted by atomic mass is 9.77. The highest BCUT2D eigenvalue weighted by atomic mass is 16.7. The molecule has 15 heteroatoms. The molecule has 0 aromatic heterocycles. The number of ether oxygens (including phenoxy) is 6. The highest BCUT2D eigenvalue weighted by Crippen LogP contribution is 2.40. The summed E-state index contributed by atoms with van der Waals surface area (Å²) in [7, 11) is 6.21. The van der Waals surface area contributed by atoms with E-state index < -0.39 is 113 Å². The van der Waals surface area contributed by atoms with Crippen molar-refractivity contribution in [2.24, 2.45) is 17.8 Å². The molecule has 3 saturated heterocycles. The van der Waals surface area contributed by atoms with Gasteiger partial charge in [-0.25, -0.2) is 0 Å². The van der Waals surface area contributed by atoms with Crippen molar-refractivity contribution in [1.82, 2.24) is 4.90 Å². The molecule has 3 aliphatic heterocycles. The maximum atomic E-state index is 14.2. The minimum Gasteiger partial charge on any atom is -0.633 e. The largest absolute Gasteiger partial charge is 0.633 e. The van der Waals surface area contributed by atoms with Crippen LogP contribution in [0.4, 0.5) is 0 Å². The first-order chi connectivity index (χ1) is 24.2. The minimum absolute atomic E-state index is 0.0990. The van der Waals surface area contributed by atoms with Crippen LogP contribution in [-0.4, -0.2) is 166 Å². The fourth-order valence-corrected chi connectivity index (χ4v) is 8.84. The monoisotopic (exact) mass is 765 g/mol. The molecular formula is C38H72N2O13. The summed E-state index contributed by atoms with van der Waals surface area (Å²) in [5, 5.41) is 71.3. The van der Waals surface area contributed by atoms with Crippen molar-refractivity contribution in [2.45, 2.75) is 185 Å². The molecule has 3 aliphatic rings. The van der Waals surface area contributed by atoms with Crippen molar-refractivity contribution in [3.63, 3.8) is 0 Å². The molecule has 0 unspecified atom stereocenters. The Hall–Kier alpha value is -1.05. The summed E-state index contributed by atoms with van der Waals surface area (Å²) in [6, 6.07) is -1.34. The Balaban J connectivity index is 2.19. The Kier molecular flexibility index (Phi) is 15.4. The number of cyclic esters (lactones) is 1. The summed E-state index contributed by atoms with van der Waals surface area (Å²) in [5.41, 5.74) is -4.51. The highest BCUT2D eigenvalue weighted by Gasteiger charge is 2.53. The third-order valence-corrected chi connectivity index (χ3v) is 12.3. The van der Waals surface area contributed by atoms with Gasteiger partial charge in [-0.15, -0.1) is 0 Å². The van der Waals surface area contributed by atoms with Crippen molar-refractivity contribution in [3.05, 3.63) is 5.21 Å². The van der Waals surface area contributed by atoms with Gasteiger partial charge in [0.05, 0.1) is 55.6 Å². The standard InChI is InChI=1S/C38H72N2O13/c1-15-27-38(10,46)31(42)24(6)39(11)19-20(2)17-36(8,45)33(53-35-29(41)26(40(12,13)47)16-21(3)49-35)22(4)30(23(5)34(44)51-27)52-28-18-37(9,48-14)32(43)25(7)50-28/h20-33,35,41-43,45-46H,15-19H2,1-14H3/t20-,21+,22+,23+,24+,25-,26-,27-,28+,29-,30+,31+,32+,33-,35-,36+,37-,38+/m0/s1. The average Bonchev–Trinajstić information content (AvgIpc) is 3.05. The molecule has 0 bridgehead atoms. The molecule has 3 heterocycles. The summed E-state index contributed by atoms with van der Waals surface area (Å²) in [5.74, 6) is -2.80. The van der Waals surface area contributed by atoms with Crippen LogP contribution in [-0.2, 0) is 33.2 Å². The third-order valence-electron chi connectivity index (χ3n) is 12.3. The highest BCUT2D eigenvalue weighted by molar-refractivity contribution is 5.73. The molecule has 3 fully saturated rings. The second-order valence-electron chi connectivity index (χ2n) is 17.6. The van der Waals surface area contributed by atoms with E-state index in [4.69, 9.17) is 28.4 Å². The van der Waals surface area contributed by atoms with E-state index in [2.05, 4.69) is 0 Å². The van der Waals surface area contributed by atoms with E-state index in [-0.39, 0.29) is 25.2 Å². The van der Waals surface area contributed by atoms with Crippen molar-refractivity contribution in [2.75, 3.05) is 34.8 Å². The molecular weight excluding hydrogens is 692 g/mol. The molecule has 5 N–H and O–H groups in total. The van der Waals surface area contributed by atoms with E-state index in [1.54, 1.807) is 55.4 Å². The normalized spacial score (nSPS) is 49.1. The van der Waals surface area contributed by atoms with Crippen LogP contribution in [0, 0.1) is 23.0 Å². The van der Waals surface area contributed by atoms with Crippen LogP contribution in [0.25, 0.3) is 0 Å². The van der Waals surface area contributed by atoms with Crippen LogP contribution >= 0.6 is 0 Å². The number of carbonyl (C=O) groups is 1. The lowest BCUT2D eigenvalue weighted by Gasteiger charge is -2.51. The number of methoxy groups -OCH3 is 1. The third kappa shape index (κ3) is 10.5. The van der Waals surface area contributed by atoms with Crippen LogP contribution in [0.15, 0.2) is 0 Å². The predicted octanol–water partition coefficient (Wildman–Crippen LogP) is 1.91. The number of aliphatic hydroxyl groups excluding tert-OH is 3. The molecule has 0 radical (unpaired) electrons. The van der Waals surface area contributed by atoms with E-state index in [1.807, 2.05) is 18.9 Å². The van der Waals surface area contributed by atoms with E-state index in [0.29, 0.717) is 13.0 Å². The maximum Gasteiger partial charge on any atom is 0.311 e. The Labute approximate surface area is 317 Å². The Morgan fingerprint density at radius 2 is 1.57 bits per heavy atom. The van der Waals surface area contributed by atoms with Crippen molar-refractivity contribution in [1.29, 1.82) is 0 Å². The number of hydrogen-bond acceptors (Lipinski definition) is 14. The minimum atomic E-state index is -1.83. The Bertz CT molecular complexity index is 1190. The number of esters is 1. The molecule has 0 aromatic carbocycles. The van der Waals surface area contributed by atoms with Crippen LogP contribution < -0.4 is 0 Å². The van der Waals surface area contributed by atoms with E-state index in [0.717, 1.165) is 0 Å². The second kappa shape index (κ2) is 17.6. The number of carbonyl (C=O) groups excluding carboxylic acids is 1. The van der Waals surface area contributed by atoms with Crippen LogP contribution in [0.5, 0.6) is 0 Å². The summed E-state index contributed by atoms with van der Waals surface area (Å²) >= 11 is 0. The number of aliphatic hydroxyl groups is 5. The van der Waals surface area contributed by atoms with Gasteiger partial charge in [0.25, 0.3) is 0 Å². The van der Waals surface area contributed by atoms with Gasteiger partial charge in [-0.2, -0.15) is 0 Å². The number of rotatable bonds is 7. The molecule has 0 aromatic rings. The van der Waals surface area contributed by atoms with Gasteiger partial charge in [-0.05, 0) is 74.3 Å². The van der Waals surface area contributed by atoms with E-state index in [1.165, 1.54) is 28.1 Å². The lowest BCUT2D eigenvalue weighted by Crippen LogP contribution is -2.62. The molecule has 0 amide bonds. The molecule has 0 aliphatic carbocycles. The van der Waals surface area contributed by atoms with Gasteiger partial charge in [0.15, 0.2) is 18.7 Å². The smallest absolute Gasteiger partial charge is 0.311 e. The van der Waals surface area contributed by atoms with Crippen LogP contribution in [0.1, 0.15) is 94.9 Å². The van der Waals surface area contributed by atoms with Crippen LogP contribution in [0.2, 0.25) is 0 Å². The van der Waals surface area contributed by atoms with Crippen molar-refractivity contribution in [3.8, 4) is 0 Å². The summed E-state index contributed by atoms with van der Waals surface area (Å²) in [6.07, 6.45) is -9.60. The van der Waals surface area contributed by atoms with Gasteiger partial charge in [0.2, 0.25) is 0 Å². The molecule has 15 nitrogen and oxygen atoms in total. The van der Waals surface area contributed by atoms with Gasteiger partial charge in [0.1, 0.15) is 30.0 Å². The molecule has 0 spiro atoms. The molecule has 0 saturated carbocycles. The molecule has 18 atom stereocenters. The van der Waals surface area contributed by atoms with Crippen molar-refractivity contribution >= 4 is 5.97 Å². The zero-order valence-electron chi connectivity index (χ0n) is 34.6. The lowest BCUT2D eigenvalue weighted by molar-refractivity contribution is -0.874. The fourth-order valence-electron chi connectivity index (χ4n) is 8.84. The maximum absolute atomic E-state index is 14.2. The topological polar surface area (TPSA) is 200 Å². The molecule has 53 heavy (non-hydrogen) atoms. The SMILES string of the molecule is CC[C@@H]1OC(=O)[C@H](C)[C@H](O[C@@H]2C[C@](C)(OC)[C@H](O)[C@H](C)O2)[C@@H](C)[C@H](O[C@@H]2O[C@H](C)C[C@H]([N+](C)(C)[O-])[C@@H]2O)[C@](C)(O)C[C@H](C)CN(C)[C@H](C)[C@@H](O)[C@]1(C)O. The van der Waals surface area contributed by atoms with E-state index >= 15 is 0 Å². The number of nitrogens with zero attached hydrogens (tertiary/aromatic N) is 2. The number of likely N-dealkylation sites (N-methyl/N-ethyl adjacent to an activating group) is 2. The van der Waals surface area contributed by atoms with E-state index in [9.17, 15) is 35.5 Å². The van der Waals surface area contributed by atoms with Gasteiger partial charge in [-0.1, -0.05) is 20.8 Å². The quantitative estimate of drug-likeness (QED) is 0.143. The van der Waals surface area contributed by atoms with Crippen LogP contribution in [0.3, 0.4) is 0 Å². The summed E-state index contributed by atoms with van der Waals surface area (Å²) < 4.78 is 36.5. The zero-order valence-corrected chi connectivity index (χ0v) is 34.6. The Morgan fingerprint density at radius 3 is 2.11 bits per heavy atom. The number of quaternary nitrogens is 1. The molecule has 3 rings (SSSR count). The number of hydroxylamine groups is 3. The van der Waals surface area contributed by atoms with Gasteiger partial charge >= 0.3 is 5.97 Å². The zero-order chi connectivity index (χ0) is 40.6. The van der Waals surface area contributed by atoms with Gasteiger partial charge in [-0.3, -0.25) is 4.79 Å². The first-order valence-corrected chi connectivity index (χ1v) is 19.3. The summed E-state index contributed by atoms with van der Waals surface area (Å²) in [4.78, 5) is 16.1. The first kappa shape index (κ1) is 46.3. The average molecular weight is 765 g/mol. The summed E-state index contributed by atoms with van der Waals surface area (Å²) in [6.45, 7) is 17.6. The van der Waals surface area contributed by atoms with Crippen molar-refractivity contribution < 1.29 is 63.4 Å². The first-order valence-electron chi connectivity index (χ1n) is 19.3. The second-order valence-corrected chi connectivity index (χ2v) is 17.6. The van der Waals surface area contributed by atoms with Gasteiger partial charge in [0, 0.05) is 38.5 Å². The molecule has 312 valence electrons. The van der Waals surface area contributed by atoms with Gasteiger partial charge < -0.3 is 68.7 Å². The predicted molar refractivity (Wildman–Crippen MR) is 196 cm³/mol.